The van der Waals surface area contributed by atoms with Crippen molar-refractivity contribution >= 4 is 15.9 Å². The summed E-state index contributed by atoms with van der Waals surface area (Å²) < 4.78 is 37.4. The number of sulfonamides is 1. The molecule has 0 saturated carbocycles. The summed E-state index contributed by atoms with van der Waals surface area (Å²) in [5.74, 6) is 1.07. The monoisotopic (exact) mass is 478 g/mol. The number of amides is 1. The first kappa shape index (κ1) is 26.6. The van der Waals surface area contributed by atoms with Crippen molar-refractivity contribution in [2.45, 2.75) is 45.1 Å². The molecular weight excluding hydrogens is 444 g/mol. The third-order valence-corrected chi connectivity index (χ3v) is 6.57. The maximum Gasteiger partial charge on any atom is 0.264 e. The number of hydroxylamine groups is 1. The van der Waals surface area contributed by atoms with E-state index < -0.39 is 10.0 Å². The molecule has 8 nitrogen and oxygen atoms in total. The molecule has 2 rings (SSSR count). The van der Waals surface area contributed by atoms with Crippen LogP contribution in [0.2, 0.25) is 0 Å². The molecule has 0 saturated heterocycles. The van der Waals surface area contributed by atoms with Crippen molar-refractivity contribution in [1.82, 2.24) is 9.37 Å². The second-order valence-corrected chi connectivity index (χ2v) is 9.35. The SMILES string of the molecule is CCCOc1ccc(CN(CCC)C(=O)c2cccc(S(=O)(=O)N(C)OC)c2)cc1OCC. The summed E-state index contributed by atoms with van der Waals surface area (Å²) >= 11 is 0. The van der Waals surface area contributed by atoms with Gasteiger partial charge in [0.1, 0.15) is 0 Å². The minimum Gasteiger partial charge on any atom is -0.490 e. The smallest absolute Gasteiger partial charge is 0.264 e. The summed E-state index contributed by atoms with van der Waals surface area (Å²) in [6.07, 6.45) is 1.65. The Bertz CT molecular complexity index is 1030. The molecular formula is C24H34N2O6S. The summed E-state index contributed by atoms with van der Waals surface area (Å²) in [5.41, 5.74) is 1.19. The predicted molar refractivity (Wildman–Crippen MR) is 127 cm³/mol. The van der Waals surface area contributed by atoms with E-state index in [1.165, 1.54) is 26.3 Å². The first-order chi connectivity index (χ1) is 15.8. The van der Waals surface area contributed by atoms with Gasteiger partial charge in [0, 0.05) is 25.7 Å². The second kappa shape index (κ2) is 12.6. The lowest BCUT2D eigenvalue weighted by molar-refractivity contribution is -0.0258. The van der Waals surface area contributed by atoms with E-state index in [2.05, 4.69) is 0 Å². The van der Waals surface area contributed by atoms with E-state index in [1.54, 1.807) is 17.0 Å². The van der Waals surface area contributed by atoms with Crippen LogP contribution in [-0.4, -0.2) is 57.6 Å². The Morgan fingerprint density at radius 3 is 2.36 bits per heavy atom. The molecule has 0 spiro atoms. The highest BCUT2D eigenvalue weighted by Gasteiger charge is 2.23. The molecule has 0 aliphatic rings. The number of hydrogen-bond acceptors (Lipinski definition) is 6. The molecule has 2 aromatic rings. The first-order valence-corrected chi connectivity index (χ1v) is 12.5. The fourth-order valence-electron chi connectivity index (χ4n) is 3.21. The van der Waals surface area contributed by atoms with Crippen molar-refractivity contribution in [2.75, 3.05) is 33.9 Å². The minimum atomic E-state index is -3.86. The number of carbonyl (C=O) groups excluding carboxylic acids is 1. The van der Waals surface area contributed by atoms with E-state index in [1.807, 2.05) is 39.0 Å². The van der Waals surface area contributed by atoms with Crippen molar-refractivity contribution in [2.24, 2.45) is 0 Å². The van der Waals surface area contributed by atoms with Gasteiger partial charge in [-0.1, -0.05) is 30.4 Å². The standard InChI is InChI=1S/C24H34N2O6S/c1-6-14-26(18-19-12-13-22(32-15-7-2)23(16-19)31-8-3)24(27)20-10-9-11-21(17-20)33(28,29)25(4)30-5/h9-13,16-17H,6-8,14-15,18H2,1-5H3. The number of ether oxygens (including phenoxy) is 2. The fourth-order valence-corrected chi connectivity index (χ4v) is 4.23. The highest BCUT2D eigenvalue weighted by molar-refractivity contribution is 7.89. The Morgan fingerprint density at radius 2 is 1.73 bits per heavy atom. The molecule has 0 aliphatic heterocycles. The van der Waals surface area contributed by atoms with Gasteiger partial charge in [-0.15, -0.1) is 0 Å². The van der Waals surface area contributed by atoms with Crippen molar-refractivity contribution < 1.29 is 27.5 Å². The summed E-state index contributed by atoms with van der Waals surface area (Å²) in [6.45, 7) is 7.91. The van der Waals surface area contributed by atoms with Crippen LogP contribution >= 0.6 is 0 Å². The van der Waals surface area contributed by atoms with Gasteiger partial charge in [-0.05, 0) is 55.7 Å². The lowest BCUT2D eigenvalue weighted by atomic mass is 10.1. The van der Waals surface area contributed by atoms with Crippen molar-refractivity contribution in [3.05, 3.63) is 53.6 Å². The highest BCUT2D eigenvalue weighted by atomic mass is 32.2. The minimum absolute atomic E-state index is 0.00907. The largest absolute Gasteiger partial charge is 0.490 e. The summed E-state index contributed by atoms with van der Waals surface area (Å²) in [5, 5.41) is 0. The zero-order chi connectivity index (χ0) is 24.4. The molecule has 0 N–H and O–H groups in total. The van der Waals surface area contributed by atoms with Gasteiger partial charge in [0.05, 0.1) is 25.2 Å². The van der Waals surface area contributed by atoms with Gasteiger partial charge < -0.3 is 14.4 Å². The van der Waals surface area contributed by atoms with Crippen LogP contribution in [0.25, 0.3) is 0 Å². The third-order valence-electron chi connectivity index (χ3n) is 4.90. The van der Waals surface area contributed by atoms with Gasteiger partial charge in [-0.3, -0.25) is 9.63 Å². The molecule has 0 heterocycles. The van der Waals surface area contributed by atoms with Gasteiger partial charge in [0.25, 0.3) is 15.9 Å². The number of nitrogens with zero attached hydrogens (tertiary/aromatic N) is 2. The molecule has 1 amide bonds. The summed E-state index contributed by atoms with van der Waals surface area (Å²) in [7, 11) is -1.29. The quantitative estimate of drug-likeness (QED) is 0.403. The maximum absolute atomic E-state index is 13.3. The molecule has 0 atom stereocenters. The predicted octanol–water partition coefficient (Wildman–Crippen LogP) is 4.11. The number of rotatable bonds is 13. The van der Waals surface area contributed by atoms with Gasteiger partial charge in [0.2, 0.25) is 0 Å². The Balaban J connectivity index is 2.31. The lowest BCUT2D eigenvalue weighted by Gasteiger charge is -2.23. The zero-order valence-electron chi connectivity index (χ0n) is 20.0. The van der Waals surface area contributed by atoms with E-state index in [4.69, 9.17) is 14.3 Å². The van der Waals surface area contributed by atoms with Gasteiger partial charge >= 0.3 is 0 Å². The van der Waals surface area contributed by atoms with Crippen LogP contribution in [0.15, 0.2) is 47.4 Å². The molecule has 0 unspecified atom stereocenters. The summed E-state index contributed by atoms with van der Waals surface area (Å²) in [6, 6.07) is 11.7. The van der Waals surface area contributed by atoms with E-state index in [9.17, 15) is 13.2 Å². The lowest BCUT2D eigenvalue weighted by Crippen LogP contribution is -2.32. The highest BCUT2D eigenvalue weighted by Crippen LogP contribution is 2.29. The zero-order valence-corrected chi connectivity index (χ0v) is 20.9. The van der Waals surface area contributed by atoms with Crippen LogP contribution in [0, 0.1) is 0 Å². The van der Waals surface area contributed by atoms with Gasteiger partial charge in [-0.2, -0.15) is 0 Å². The van der Waals surface area contributed by atoms with Crippen molar-refractivity contribution in [1.29, 1.82) is 0 Å². The summed E-state index contributed by atoms with van der Waals surface area (Å²) in [4.78, 5) is 19.8. The molecule has 2 aromatic carbocycles. The van der Waals surface area contributed by atoms with E-state index >= 15 is 0 Å². The van der Waals surface area contributed by atoms with E-state index in [-0.39, 0.29) is 10.8 Å². The normalized spacial score (nSPS) is 11.5. The van der Waals surface area contributed by atoms with Gasteiger partial charge in [0.15, 0.2) is 11.5 Å². The Morgan fingerprint density at radius 1 is 0.970 bits per heavy atom. The van der Waals surface area contributed by atoms with Crippen LogP contribution in [0.1, 0.15) is 49.5 Å². The van der Waals surface area contributed by atoms with Crippen LogP contribution in [-0.2, 0) is 21.4 Å². The van der Waals surface area contributed by atoms with Gasteiger partial charge in [-0.25, -0.2) is 8.42 Å². The molecule has 0 bridgehead atoms. The second-order valence-electron chi connectivity index (χ2n) is 7.41. The number of carbonyl (C=O) groups is 1. The Hall–Kier alpha value is -2.62. The van der Waals surface area contributed by atoms with Crippen molar-refractivity contribution in [3.8, 4) is 11.5 Å². The average molecular weight is 479 g/mol. The Labute approximate surface area is 197 Å². The van der Waals surface area contributed by atoms with Crippen molar-refractivity contribution in [3.63, 3.8) is 0 Å². The van der Waals surface area contributed by atoms with Crippen LogP contribution in [0.3, 0.4) is 0 Å². The maximum atomic E-state index is 13.3. The third kappa shape index (κ3) is 6.93. The first-order valence-electron chi connectivity index (χ1n) is 11.1. The molecule has 0 radical (unpaired) electrons. The van der Waals surface area contributed by atoms with E-state index in [0.717, 1.165) is 22.9 Å². The number of benzene rings is 2. The van der Waals surface area contributed by atoms with Crippen LogP contribution in [0.4, 0.5) is 0 Å². The number of hydrogen-bond donors (Lipinski definition) is 0. The molecule has 33 heavy (non-hydrogen) atoms. The van der Waals surface area contributed by atoms with Crippen LogP contribution in [0.5, 0.6) is 11.5 Å². The molecule has 0 aromatic heterocycles. The Kier molecular flexibility index (Phi) is 10.1. The average Bonchev–Trinajstić information content (AvgIpc) is 2.82. The fraction of sp³-hybridized carbons (Fsp3) is 0.458. The van der Waals surface area contributed by atoms with E-state index in [0.29, 0.717) is 43.4 Å². The topological polar surface area (TPSA) is 85.4 Å². The molecule has 0 aliphatic carbocycles. The molecule has 182 valence electrons. The van der Waals surface area contributed by atoms with Crippen LogP contribution < -0.4 is 9.47 Å². The molecule has 9 heteroatoms. The molecule has 0 fully saturated rings.